The van der Waals surface area contributed by atoms with Crippen molar-refractivity contribution in [2.24, 2.45) is 10.9 Å². The Labute approximate surface area is 127 Å². The van der Waals surface area contributed by atoms with E-state index in [1.165, 1.54) is 0 Å². The van der Waals surface area contributed by atoms with Crippen LogP contribution in [0.2, 0.25) is 0 Å². The van der Waals surface area contributed by atoms with Crippen LogP contribution in [0.4, 0.5) is 5.69 Å². The highest BCUT2D eigenvalue weighted by molar-refractivity contribution is 5.85. The number of aliphatic hydroxyl groups is 1. The van der Waals surface area contributed by atoms with Crippen LogP contribution in [0.5, 0.6) is 0 Å². The fraction of sp³-hybridized carbons (Fsp3) is 0.316. The van der Waals surface area contributed by atoms with Gasteiger partial charge in [0.25, 0.3) is 0 Å². The van der Waals surface area contributed by atoms with Crippen molar-refractivity contribution in [3.05, 3.63) is 66.2 Å². The molecule has 1 atom stereocenters. The van der Waals surface area contributed by atoms with E-state index < -0.39 is 5.60 Å². The van der Waals surface area contributed by atoms with E-state index in [4.69, 9.17) is 0 Å². The van der Waals surface area contributed by atoms with Crippen LogP contribution >= 0.6 is 0 Å². The van der Waals surface area contributed by atoms with Gasteiger partial charge in [-0.1, -0.05) is 62.4 Å². The second kappa shape index (κ2) is 6.68. The molecule has 21 heavy (non-hydrogen) atoms. The molecule has 0 saturated heterocycles. The molecule has 0 aliphatic carbocycles. The molecule has 0 radical (unpaired) electrons. The van der Waals surface area contributed by atoms with Crippen molar-refractivity contribution in [2.45, 2.75) is 32.8 Å². The zero-order chi connectivity index (χ0) is 15.3. The van der Waals surface area contributed by atoms with Crippen LogP contribution in [0.15, 0.2) is 65.7 Å². The molecule has 2 aromatic carbocycles. The van der Waals surface area contributed by atoms with Gasteiger partial charge in [0.15, 0.2) is 0 Å². The molecule has 2 heteroatoms. The third kappa shape index (κ3) is 3.79. The van der Waals surface area contributed by atoms with Crippen molar-refractivity contribution >= 4 is 11.4 Å². The van der Waals surface area contributed by atoms with Crippen molar-refractivity contribution in [1.29, 1.82) is 0 Å². The first-order valence-corrected chi connectivity index (χ1v) is 7.39. The lowest BCUT2D eigenvalue weighted by Crippen LogP contribution is -2.34. The molecule has 2 rings (SSSR count). The summed E-state index contributed by atoms with van der Waals surface area (Å²) in [6.45, 7) is 6.06. The van der Waals surface area contributed by atoms with Crippen molar-refractivity contribution in [3.63, 3.8) is 0 Å². The van der Waals surface area contributed by atoms with Gasteiger partial charge in [-0.05, 0) is 30.5 Å². The number of aliphatic imine (C=N–C) groups is 1. The molecular weight excluding hydrogens is 258 g/mol. The first-order valence-electron chi connectivity index (χ1n) is 7.39. The Balaban J connectivity index is 2.27. The predicted molar refractivity (Wildman–Crippen MR) is 89.0 cm³/mol. The smallest absolute Gasteiger partial charge is 0.0971 e. The van der Waals surface area contributed by atoms with Gasteiger partial charge in [0.05, 0.1) is 11.3 Å². The molecule has 1 unspecified atom stereocenters. The van der Waals surface area contributed by atoms with E-state index in [-0.39, 0.29) is 5.92 Å². The maximum atomic E-state index is 11.1. The SMILES string of the molecule is CC(CC(O)(c1ccccc1)C(C)C)=Nc1ccccc1. The number of para-hydroxylation sites is 1. The van der Waals surface area contributed by atoms with Crippen LogP contribution < -0.4 is 0 Å². The molecule has 110 valence electrons. The molecule has 0 fully saturated rings. The minimum Gasteiger partial charge on any atom is -0.385 e. The largest absolute Gasteiger partial charge is 0.385 e. The van der Waals surface area contributed by atoms with Gasteiger partial charge < -0.3 is 5.11 Å². The topological polar surface area (TPSA) is 32.6 Å². The second-order valence-electron chi connectivity index (χ2n) is 5.80. The summed E-state index contributed by atoms with van der Waals surface area (Å²) >= 11 is 0. The van der Waals surface area contributed by atoms with Crippen molar-refractivity contribution < 1.29 is 5.11 Å². The van der Waals surface area contributed by atoms with E-state index in [1.54, 1.807) is 0 Å². The average molecular weight is 281 g/mol. The zero-order valence-electron chi connectivity index (χ0n) is 13.0. The Kier molecular flexibility index (Phi) is 4.92. The molecule has 2 aromatic rings. The van der Waals surface area contributed by atoms with Gasteiger partial charge in [0.2, 0.25) is 0 Å². The fourth-order valence-electron chi connectivity index (χ4n) is 2.52. The van der Waals surface area contributed by atoms with E-state index in [9.17, 15) is 5.11 Å². The van der Waals surface area contributed by atoms with Crippen molar-refractivity contribution in [3.8, 4) is 0 Å². The monoisotopic (exact) mass is 281 g/mol. The molecular formula is C19H23NO. The minimum absolute atomic E-state index is 0.112. The minimum atomic E-state index is -0.885. The maximum absolute atomic E-state index is 11.1. The zero-order valence-corrected chi connectivity index (χ0v) is 13.0. The molecule has 0 saturated carbocycles. The third-order valence-electron chi connectivity index (χ3n) is 3.83. The molecule has 1 N–H and O–H groups in total. The normalized spacial score (nSPS) is 15.0. The van der Waals surface area contributed by atoms with Crippen LogP contribution in [-0.4, -0.2) is 10.8 Å². The van der Waals surface area contributed by atoms with Gasteiger partial charge in [-0.15, -0.1) is 0 Å². The molecule has 0 amide bonds. The highest BCUT2D eigenvalue weighted by Gasteiger charge is 2.33. The predicted octanol–water partition coefficient (Wildman–Crippen LogP) is 4.71. The van der Waals surface area contributed by atoms with E-state index >= 15 is 0 Å². The lowest BCUT2D eigenvalue weighted by atomic mass is 9.79. The van der Waals surface area contributed by atoms with E-state index in [2.05, 4.69) is 4.99 Å². The second-order valence-corrected chi connectivity index (χ2v) is 5.80. The quantitative estimate of drug-likeness (QED) is 0.791. The average Bonchev–Trinajstić information content (AvgIpc) is 2.48. The van der Waals surface area contributed by atoms with Crippen LogP contribution in [0.25, 0.3) is 0 Å². The Morgan fingerprint density at radius 1 is 1.00 bits per heavy atom. The Hall–Kier alpha value is -1.93. The highest BCUT2D eigenvalue weighted by Crippen LogP contribution is 2.33. The van der Waals surface area contributed by atoms with Crippen LogP contribution in [0.3, 0.4) is 0 Å². The van der Waals surface area contributed by atoms with Gasteiger partial charge in [-0.3, -0.25) is 4.99 Å². The summed E-state index contributed by atoms with van der Waals surface area (Å²) in [5.41, 5.74) is 1.92. The molecule has 2 nitrogen and oxygen atoms in total. The summed E-state index contributed by atoms with van der Waals surface area (Å²) < 4.78 is 0. The molecule has 0 aliphatic rings. The van der Waals surface area contributed by atoms with Crippen LogP contribution in [-0.2, 0) is 5.60 Å². The summed E-state index contributed by atoms with van der Waals surface area (Å²) in [4.78, 5) is 4.61. The lowest BCUT2D eigenvalue weighted by Gasteiger charge is -2.33. The summed E-state index contributed by atoms with van der Waals surface area (Å²) in [7, 11) is 0. The first-order chi connectivity index (χ1) is 10.0. The van der Waals surface area contributed by atoms with E-state index in [1.807, 2.05) is 81.4 Å². The van der Waals surface area contributed by atoms with Crippen molar-refractivity contribution in [2.75, 3.05) is 0 Å². The highest BCUT2D eigenvalue weighted by atomic mass is 16.3. The van der Waals surface area contributed by atoms with Gasteiger partial charge in [-0.2, -0.15) is 0 Å². The van der Waals surface area contributed by atoms with Crippen LogP contribution in [0, 0.1) is 5.92 Å². The molecule has 0 spiro atoms. The summed E-state index contributed by atoms with van der Waals surface area (Å²) in [5, 5.41) is 11.1. The molecule has 0 heterocycles. The summed E-state index contributed by atoms with van der Waals surface area (Å²) in [6, 6.07) is 19.7. The van der Waals surface area contributed by atoms with Gasteiger partial charge in [-0.25, -0.2) is 0 Å². The maximum Gasteiger partial charge on any atom is 0.0971 e. The number of nitrogens with zero attached hydrogens (tertiary/aromatic N) is 1. The Morgan fingerprint density at radius 3 is 2.05 bits per heavy atom. The Morgan fingerprint density at radius 2 is 1.52 bits per heavy atom. The number of hydrogen-bond donors (Lipinski definition) is 1. The van der Waals surface area contributed by atoms with E-state index in [0.29, 0.717) is 6.42 Å². The van der Waals surface area contributed by atoms with Gasteiger partial charge in [0, 0.05) is 12.1 Å². The fourth-order valence-corrected chi connectivity index (χ4v) is 2.52. The molecule has 0 aliphatic heterocycles. The van der Waals surface area contributed by atoms with Gasteiger partial charge in [0.1, 0.15) is 0 Å². The van der Waals surface area contributed by atoms with E-state index in [0.717, 1.165) is 17.0 Å². The van der Waals surface area contributed by atoms with Gasteiger partial charge >= 0.3 is 0 Å². The summed E-state index contributed by atoms with van der Waals surface area (Å²) in [5.74, 6) is 0.112. The molecule has 0 bridgehead atoms. The number of rotatable bonds is 5. The third-order valence-corrected chi connectivity index (χ3v) is 3.83. The lowest BCUT2D eigenvalue weighted by molar-refractivity contribution is -0.00318. The van der Waals surface area contributed by atoms with Crippen molar-refractivity contribution in [1.82, 2.24) is 0 Å². The number of hydrogen-bond acceptors (Lipinski definition) is 2. The standard InChI is InChI=1S/C19H23NO/c1-15(2)19(21,17-10-6-4-7-11-17)14-16(3)20-18-12-8-5-9-13-18/h4-13,15,21H,14H2,1-3H3. The van der Waals surface area contributed by atoms with Crippen LogP contribution in [0.1, 0.15) is 32.8 Å². The summed E-state index contributed by atoms with van der Waals surface area (Å²) in [6.07, 6.45) is 0.531. The first kappa shape index (κ1) is 15.5. The Bertz CT molecular complexity index is 589. The number of benzene rings is 2. The molecule has 0 aromatic heterocycles.